The predicted octanol–water partition coefficient (Wildman–Crippen LogP) is 0.342. The molecule has 0 aliphatic heterocycles. The fraction of sp³-hybridized carbons (Fsp3) is 0.778. The SMILES string of the molecule is CCOC(OCC)c1cn(CCO)nn1. The lowest BCUT2D eigenvalue weighted by atomic mass is 10.4. The Kier molecular flexibility index (Phi) is 5.23. The lowest BCUT2D eigenvalue weighted by Crippen LogP contribution is -2.09. The van der Waals surface area contributed by atoms with Gasteiger partial charge in [-0.3, -0.25) is 0 Å². The zero-order valence-corrected chi connectivity index (χ0v) is 9.09. The monoisotopic (exact) mass is 215 g/mol. The molecule has 15 heavy (non-hydrogen) atoms. The summed E-state index contributed by atoms with van der Waals surface area (Å²) >= 11 is 0. The molecule has 0 atom stereocenters. The maximum Gasteiger partial charge on any atom is 0.204 e. The zero-order valence-electron chi connectivity index (χ0n) is 9.09. The third-order valence-electron chi connectivity index (χ3n) is 1.76. The average molecular weight is 215 g/mol. The van der Waals surface area contributed by atoms with E-state index in [1.165, 1.54) is 0 Å². The van der Waals surface area contributed by atoms with Gasteiger partial charge in [-0.15, -0.1) is 5.10 Å². The van der Waals surface area contributed by atoms with Crippen molar-refractivity contribution in [3.63, 3.8) is 0 Å². The summed E-state index contributed by atoms with van der Waals surface area (Å²) in [4.78, 5) is 0. The minimum Gasteiger partial charge on any atom is -0.394 e. The predicted molar refractivity (Wildman–Crippen MR) is 53.1 cm³/mol. The van der Waals surface area contributed by atoms with Crippen LogP contribution in [0.15, 0.2) is 6.20 Å². The normalized spacial score (nSPS) is 11.2. The van der Waals surface area contributed by atoms with E-state index in [0.29, 0.717) is 25.5 Å². The Morgan fingerprint density at radius 1 is 1.40 bits per heavy atom. The van der Waals surface area contributed by atoms with Crippen LogP contribution in [0.3, 0.4) is 0 Å². The first-order chi connectivity index (χ1) is 7.31. The van der Waals surface area contributed by atoms with Gasteiger partial charge in [-0.25, -0.2) is 4.68 Å². The van der Waals surface area contributed by atoms with Gasteiger partial charge in [0, 0.05) is 13.2 Å². The van der Waals surface area contributed by atoms with E-state index < -0.39 is 6.29 Å². The Hall–Kier alpha value is -0.980. The fourth-order valence-corrected chi connectivity index (χ4v) is 1.15. The van der Waals surface area contributed by atoms with Crippen LogP contribution in [-0.4, -0.2) is 39.9 Å². The summed E-state index contributed by atoms with van der Waals surface area (Å²) < 4.78 is 12.3. The van der Waals surface area contributed by atoms with Crippen molar-refractivity contribution >= 4 is 0 Å². The first-order valence-corrected chi connectivity index (χ1v) is 5.05. The molecule has 1 aromatic heterocycles. The lowest BCUT2D eigenvalue weighted by molar-refractivity contribution is -0.142. The van der Waals surface area contributed by atoms with E-state index in [2.05, 4.69) is 10.3 Å². The van der Waals surface area contributed by atoms with Crippen LogP contribution in [0.25, 0.3) is 0 Å². The van der Waals surface area contributed by atoms with E-state index >= 15 is 0 Å². The topological polar surface area (TPSA) is 69.4 Å². The fourth-order valence-electron chi connectivity index (χ4n) is 1.15. The molecule has 1 aromatic rings. The Bertz CT molecular complexity index is 271. The molecule has 6 heteroatoms. The summed E-state index contributed by atoms with van der Waals surface area (Å²) in [7, 11) is 0. The smallest absolute Gasteiger partial charge is 0.204 e. The number of aromatic nitrogens is 3. The summed E-state index contributed by atoms with van der Waals surface area (Å²) in [5, 5.41) is 16.5. The molecule has 0 saturated carbocycles. The number of hydrogen-bond donors (Lipinski definition) is 1. The largest absolute Gasteiger partial charge is 0.394 e. The second-order valence-corrected chi connectivity index (χ2v) is 2.87. The zero-order chi connectivity index (χ0) is 11.1. The lowest BCUT2D eigenvalue weighted by Gasteiger charge is -2.13. The highest BCUT2D eigenvalue weighted by atomic mass is 16.7. The maximum atomic E-state index is 8.72. The molecule has 0 radical (unpaired) electrons. The standard InChI is InChI=1S/C9H17N3O3/c1-3-14-9(15-4-2)8-7-12(5-6-13)11-10-8/h7,9,13H,3-6H2,1-2H3. The first kappa shape index (κ1) is 12.1. The van der Waals surface area contributed by atoms with Crippen LogP contribution in [0.1, 0.15) is 25.8 Å². The molecular formula is C9H17N3O3. The molecule has 0 aliphatic carbocycles. The van der Waals surface area contributed by atoms with Gasteiger partial charge in [0.25, 0.3) is 0 Å². The van der Waals surface area contributed by atoms with Gasteiger partial charge in [-0.2, -0.15) is 0 Å². The van der Waals surface area contributed by atoms with Gasteiger partial charge >= 0.3 is 0 Å². The van der Waals surface area contributed by atoms with Gasteiger partial charge in [0.15, 0.2) is 0 Å². The van der Waals surface area contributed by atoms with Crippen molar-refractivity contribution in [3.8, 4) is 0 Å². The maximum absolute atomic E-state index is 8.72. The van der Waals surface area contributed by atoms with Crippen LogP contribution in [0.5, 0.6) is 0 Å². The molecular weight excluding hydrogens is 198 g/mol. The number of nitrogens with zero attached hydrogens (tertiary/aromatic N) is 3. The molecule has 1 N–H and O–H groups in total. The van der Waals surface area contributed by atoms with Crippen LogP contribution >= 0.6 is 0 Å². The number of ether oxygens (including phenoxy) is 2. The summed E-state index contributed by atoms with van der Waals surface area (Å²) in [6, 6.07) is 0. The summed E-state index contributed by atoms with van der Waals surface area (Å²) in [5.74, 6) is 0. The van der Waals surface area contributed by atoms with Gasteiger partial charge in [-0.1, -0.05) is 5.21 Å². The molecule has 0 spiro atoms. The molecule has 1 rings (SSSR count). The third kappa shape index (κ3) is 3.58. The molecule has 0 amide bonds. The molecule has 0 fully saturated rings. The van der Waals surface area contributed by atoms with Gasteiger partial charge in [-0.05, 0) is 13.8 Å². The highest BCUT2D eigenvalue weighted by Gasteiger charge is 2.15. The molecule has 0 aromatic carbocycles. The van der Waals surface area contributed by atoms with Crippen molar-refractivity contribution in [1.29, 1.82) is 0 Å². The summed E-state index contributed by atoms with van der Waals surface area (Å²) in [5.41, 5.74) is 0.632. The van der Waals surface area contributed by atoms with E-state index in [0.717, 1.165) is 0 Å². The molecule has 1 heterocycles. The summed E-state index contributed by atoms with van der Waals surface area (Å²) in [6.45, 7) is 5.36. The van der Waals surface area contributed by atoms with Gasteiger partial charge in [0.05, 0.1) is 19.3 Å². The average Bonchev–Trinajstić information content (AvgIpc) is 2.67. The number of hydrogen-bond acceptors (Lipinski definition) is 5. The highest BCUT2D eigenvalue weighted by molar-refractivity contribution is 4.94. The molecule has 0 unspecified atom stereocenters. The van der Waals surface area contributed by atoms with Crippen LogP contribution in [-0.2, 0) is 16.0 Å². The van der Waals surface area contributed by atoms with Crippen LogP contribution in [0, 0.1) is 0 Å². The third-order valence-corrected chi connectivity index (χ3v) is 1.76. The Labute approximate surface area is 88.8 Å². The van der Waals surface area contributed by atoms with E-state index in [1.807, 2.05) is 13.8 Å². The molecule has 0 aliphatic rings. The van der Waals surface area contributed by atoms with Crippen LogP contribution in [0.4, 0.5) is 0 Å². The second kappa shape index (κ2) is 6.49. The van der Waals surface area contributed by atoms with Crippen LogP contribution in [0.2, 0.25) is 0 Å². The van der Waals surface area contributed by atoms with Crippen molar-refractivity contribution in [1.82, 2.24) is 15.0 Å². The van der Waals surface area contributed by atoms with Crippen molar-refractivity contribution in [2.24, 2.45) is 0 Å². The Morgan fingerprint density at radius 3 is 2.60 bits per heavy atom. The molecule has 0 bridgehead atoms. The first-order valence-electron chi connectivity index (χ1n) is 5.05. The van der Waals surface area contributed by atoms with Crippen molar-refractivity contribution in [2.75, 3.05) is 19.8 Å². The quantitative estimate of drug-likeness (QED) is 0.664. The number of aliphatic hydroxyl groups is 1. The minimum atomic E-state index is -0.465. The van der Waals surface area contributed by atoms with E-state index in [1.54, 1.807) is 10.9 Å². The minimum absolute atomic E-state index is 0.0384. The van der Waals surface area contributed by atoms with E-state index in [9.17, 15) is 0 Å². The Balaban J connectivity index is 2.63. The Morgan fingerprint density at radius 2 is 2.07 bits per heavy atom. The van der Waals surface area contributed by atoms with Crippen molar-refractivity contribution in [2.45, 2.75) is 26.7 Å². The van der Waals surface area contributed by atoms with Gasteiger partial charge in [0.2, 0.25) is 6.29 Å². The number of aliphatic hydroxyl groups excluding tert-OH is 1. The van der Waals surface area contributed by atoms with Crippen LogP contribution < -0.4 is 0 Å². The van der Waals surface area contributed by atoms with E-state index in [4.69, 9.17) is 14.6 Å². The number of rotatable bonds is 7. The van der Waals surface area contributed by atoms with E-state index in [-0.39, 0.29) is 6.61 Å². The second-order valence-electron chi connectivity index (χ2n) is 2.87. The molecule has 86 valence electrons. The van der Waals surface area contributed by atoms with Gasteiger partial charge < -0.3 is 14.6 Å². The van der Waals surface area contributed by atoms with Crippen molar-refractivity contribution < 1.29 is 14.6 Å². The molecule has 6 nitrogen and oxygen atoms in total. The van der Waals surface area contributed by atoms with Crippen molar-refractivity contribution in [3.05, 3.63) is 11.9 Å². The van der Waals surface area contributed by atoms with Gasteiger partial charge in [0.1, 0.15) is 5.69 Å². The summed E-state index contributed by atoms with van der Waals surface area (Å²) in [6.07, 6.45) is 1.25. The highest BCUT2D eigenvalue weighted by Crippen LogP contribution is 2.15. The molecule has 0 saturated heterocycles.